The number of carboxylic acids is 1. The largest absolute Gasteiger partial charge is 0.478 e. The van der Waals surface area contributed by atoms with Gasteiger partial charge in [-0.2, -0.15) is 0 Å². The number of imidazole rings is 1. The van der Waals surface area contributed by atoms with Gasteiger partial charge in [-0.3, -0.25) is 4.57 Å². The van der Waals surface area contributed by atoms with Gasteiger partial charge in [0.05, 0.1) is 11.3 Å². The molecule has 0 spiro atoms. The topological polar surface area (TPSA) is 55.1 Å². The second-order valence-corrected chi connectivity index (χ2v) is 5.57. The summed E-state index contributed by atoms with van der Waals surface area (Å²) in [6.07, 6.45) is 6.22. The number of rotatable bonds is 3. The highest BCUT2D eigenvalue weighted by molar-refractivity contribution is 7.14. The Kier molecular flexibility index (Phi) is 2.29. The van der Waals surface area contributed by atoms with Crippen LogP contribution in [0, 0.1) is 6.92 Å². The van der Waals surface area contributed by atoms with E-state index in [0.717, 1.165) is 15.6 Å². The summed E-state index contributed by atoms with van der Waals surface area (Å²) in [4.78, 5) is 16.2. The van der Waals surface area contributed by atoms with Crippen LogP contribution in [0.25, 0.3) is 5.00 Å². The standard InChI is InChI=1S/C12H12N2O2S/c1-7-9(12(15)16)4-11(17-7)14-5-10(13-6-14)8-2-3-8/h4-6,8H,2-3H2,1H3,(H,15,16). The second-order valence-electron chi connectivity index (χ2n) is 4.34. The third-order valence-electron chi connectivity index (χ3n) is 2.99. The van der Waals surface area contributed by atoms with Crippen molar-refractivity contribution >= 4 is 17.3 Å². The van der Waals surface area contributed by atoms with Crippen molar-refractivity contribution in [3.8, 4) is 5.00 Å². The quantitative estimate of drug-likeness (QED) is 0.908. The number of aryl methyl sites for hydroxylation is 1. The molecule has 0 unspecified atom stereocenters. The Morgan fingerprint density at radius 2 is 2.35 bits per heavy atom. The van der Waals surface area contributed by atoms with Gasteiger partial charge in [0, 0.05) is 17.0 Å². The summed E-state index contributed by atoms with van der Waals surface area (Å²) < 4.78 is 1.91. The molecule has 0 atom stereocenters. The third-order valence-corrected chi connectivity index (χ3v) is 4.05. The summed E-state index contributed by atoms with van der Waals surface area (Å²) in [7, 11) is 0. The van der Waals surface area contributed by atoms with Crippen molar-refractivity contribution in [1.29, 1.82) is 0 Å². The molecule has 1 saturated carbocycles. The zero-order valence-corrected chi connectivity index (χ0v) is 10.2. The summed E-state index contributed by atoms with van der Waals surface area (Å²) in [6.45, 7) is 1.83. The Bertz CT molecular complexity index is 581. The molecule has 17 heavy (non-hydrogen) atoms. The zero-order chi connectivity index (χ0) is 12.0. The molecule has 2 aromatic rings. The van der Waals surface area contributed by atoms with Crippen molar-refractivity contribution in [3.05, 3.63) is 34.7 Å². The van der Waals surface area contributed by atoms with Gasteiger partial charge in [0.25, 0.3) is 0 Å². The third kappa shape index (κ3) is 1.86. The van der Waals surface area contributed by atoms with Crippen molar-refractivity contribution < 1.29 is 9.90 Å². The Balaban J connectivity index is 1.96. The van der Waals surface area contributed by atoms with Gasteiger partial charge in [0.2, 0.25) is 0 Å². The summed E-state index contributed by atoms with van der Waals surface area (Å²) in [5.74, 6) is -0.246. The normalized spacial score (nSPS) is 15.1. The fourth-order valence-corrected chi connectivity index (χ4v) is 2.81. The fraction of sp³-hybridized carbons (Fsp3) is 0.333. The van der Waals surface area contributed by atoms with E-state index in [-0.39, 0.29) is 0 Å². The predicted molar refractivity (Wildman–Crippen MR) is 65.1 cm³/mol. The summed E-state index contributed by atoms with van der Waals surface area (Å²) in [6, 6.07) is 1.71. The lowest BCUT2D eigenvalue weighted by Gasteiger charge is -1.94. The van der Waals surface area contributed by atoms with E-state index >= 15 is 0 Å². The van der Waals surface area contributed by atoms with E-state index in [1.807, 2.05) is 17.7 Å². The summed E-state index contributed by atoms with van der Waals surface area (Å²) in [5.41, 5.74) is 1.50. The van der Waals surface area contributed by atoms with Gasteiger partial charge < -0.3 is 5.11 Å². The van der Waals surface area contributed by atoms with Crippen molar-refractivity contribution in [2.75, 3.05) is 0 Å². The lowest BCUT2D eigenvalue weighted by molar-refractivity contribution is 0.0697. The van der Waals surface area contributed by atoms with Crippen LogP contribution >= 0.6 is 11.3 Å². The van der Waals surface area contributed by atoms with Gasteiger partial charge in [-0.25, -0.2) is 9.78 Å². The maximum atomic E-state index is 11.0. The predicted octanol–water partition coefficient (Wildman–Crippen LogP) is 2.82. The highest BCUT2D eigenvalue weighted by Crippen LogP contribution is 2.39. The molecule has 1 fully saturated rings. The van der Waals surface area contributed by atoms with Crippen LogP contribution in [0.2, 0.25) is 0 Å². The average molecular weight is 248 g/mol. The first-order chi connectivity index (χ1) is 8.15. The molecule has 0 aromatic carbocycles. The van der Waals surface area contributed by atoms with Gasteiger partial charge in [-0.15, -0.1) is 11.3 Å². The number of hydrogen-bond donors (Lipinski definition) is 1. The van der Waals surface area contributed by atoms with Crippen LogP contribution in [0.3, 0.4) is 0 Å². The molecule has 1 aliphatic rings. The van der Waals surface area contributed by atoms with Crippen LogP contribution < -0.4 is 0 Å². The number of hydrogen-bond acceptors (Lipinski definition) is 3. The molecule has 2 heterocycles. The molecule has 4 nitrogen and oxygen atoms in total. The van der Waals surface area contributed by atoms with Crippen LogP contribution in [0.4, 0.5) is 0 Å². The highest BCUT2D eigenvalue weighted by Gasteiger charge is 2.26. The molecule has 88 valence electrons. The van der Waals surface area contributed by atoms with E-state index < -0.39 is 5.97 Å². The number of aromatic nitrogens is 2. The molecule has 0 saturated heterocycles. The molecular formula is C12H12N2O2S. The number of nitrogens with zero attached hydrogens (tertiary/aromatic N) is 2. The number of carbonyl (C=O) groups is 1. The van der Waals surface area contributed by atoms with E-state index in [0.29, 0.717) is 11.5 Å². The average Bonchev–Trinajstić information content (AvgIpc) is 2.88. The highest BCUT2D eigenvalue weighted by atomic mass is 32.1. The first kappa shape index (κ1) is 10.5. The number of carboxylic acid groups (broad SMARTS) is 1. The molecule has 2 aromatic heterocycles. The molecule has 0 aliphatic heterocycles. The molecule has 5 heteroatoms. The van der Waals surface area contributed by atoms with Gasteiger partial charge >= 0.3 is 5.97 Å². The maximum absolute atomic E-state index is 11.0. The molecule has 0 amide bonds. The van der Waals surface area contributed by atoms with E-state index in [4.69, 9.17) is 5.11 Å². The van der Waals surface area contributed by atoms with Crippen molar-refractivity contribution in [3.63, 3.8) is 0 Å². The van der Waals surface area contributed by atoms with Crippen molar-refractivity contribution in [2.45, 2.75) is 25.7 Å². The Morgan fingerprint density at radius 3 is 2.94 bits per heavy atom. The van der Waals surface area contributed by atoms with Crippen LogP contribution in [0.5, 0.6) is 0 Å². The van der Waals surface area contributed by atoms with Crippen LogP contribution in [0.15, 0.2) is 18.6 Å². The molecule has 0 bridgehead atoms. The SMILES string of the molecule is Cc1sc(-n2cnc(C3CC3)c2)cc1C(=O)O. The van der Waals surface area contributed by atoms with Gasteiger partial charge in [0.1, 0.15) is 11.3 Å². The molecule has 1 N–H and O–H groups in total. The molecule has 1 aliphatic carbocycles. The minimum absolute atomic E-state index is 0.381. The minimum Gasteiger partial charge on any atom is -0.478 e. The Hall–Kier alpha value is -1.62. The monoisotopic (exact) mass is 248 g/mol. The van der Waals surface area contributed by atoms with E-state index in [1.165, 1.54) is 24.2 Å². The lowest BCUT2D eigenvalue weighted by atomic mass is 10.3. The van der Waals surface area contributed by atoms with Gasteiger partial charge in [0.15, 0.2) is 0 Å². The Labute approximate surface area is 103 Å². The first-order valence-corrected chi connectivity index (χ1v) is 6.35. The first-order valence-electron chi connectivity index (χ1n) is 5.53. The summed E-state index contributed by atoms with van der Waals surface area (Å²) >= 11 is 1.48. The van der Waals surface area contributed by atoms with Crippen molar-refractivity contribution in [1.82, 2.24) is 9.55 Å². The van der Waals surface area contributed by atoms with E-state index in [1.54, 1.807) is 12.4 Å². The number of aromatic carboxylic acids is 1. The molecular weight excluding hydrogens is 236 g/mol. The van der Waals surface area contributed by atoms with Crippen LogP contribution in [-0.2, 0) is 0 Å². The molecule has 3 rings (SSSR count). The zero-order valence-electron chi connectivity index (χ0n) is 9.38. The van der Waals surface area contributed by atoms with Gasteiger partial charge in [-0.05, 0) is 25.8 Å². The van der Waals surface area contributed by atoms with Crippen LogP contribution in [-0.4, -0.2) is 20.6 Å². The summed E-state index contributed by atoms with van der Waals surface area (Å²) in [5, 5.41) is 9.93. The maximum Gasteiger partial charge on any atom is 0.336 e. The number of thiophene rings is 1. The minimum atomic E-state index is -0.868. The van der Waals surface area contributed by atoms with Crippen molar-refractivity contribution in [2.24, 2.45) is 0 Å². The van der Waals surface area contributed by atoms with Crippen LogP contribution in [0.1, 0.15) is 39.7 Å². The molecule has 0 radical (unpaired) electrons. The van der Waals surface area contributed by atoms with Gasteiger partial charge in [-0.1, -0.05) is 0 Å². The van der Waals surface area contributed by atoms with E-state index in [9.17, 15) is 4.79 Å². The lowest BCUT2D eigenvalue weighted by Crippen LogP contribution is -1.95. The fourth-order valence-electron chi connectivity index (χ4n) is 1.85. The second kappa shape index (κ2) is 3.70. The Morgan fingerprint density at radius 1 is 1.59 bits per heavy atom. The smallest absolute Gasteiger partial charge is 0.336 e. The van der Waals surface area contributed by atoms with E-state index in [2.05, 4.69) is 4.98 Å².